The summed E-state index contributed by atoms with van der Waals surface area (Å²) in [6.07, 6.45) is 7.92. The van der Waals surface area contributed by atoms with Gasteiger partial charge < -0.3 is 5.32 Å². The lowest BCUT2D eigenvalue weighted by Crippen LogP contribution is -2.09. The van der Waals surface area contributed by atoms with Crippen LogP contribution in [0.25, 0.3) is 5.95 Å². The molecule has 0 saturated heterocycles. The van der Waals surface area contributed by atoms with E-state index in [9.17, 15) is 0 Å². The molecule has 0 unspecified atom stereocenters. The Bertz CT molecular complexity index is 682. The van der Waals surface area contributed by atoms with E-state index in [4.69, 9.17) is 0 Å². The van der Waals surface area contributed by atoms with Crippen LogP contribution < -0.4 is 5.32 Å². The molecule has 0 fully saturated rings. The molecule has 0 bridgehead atoms. The molecule has 0 atom stereocenters. The minimum absolute atomic E-state index is 0.542. The number of nitrogens with one attached hydrogen (secondary N) is 1. The van der Waals surface area contributed by atoms with E-state index in [0.29, 0.717) is 17.1 Å². The van der Waals surface area contributed by atoms with E-state index < -0.39 is 0 Å². The summed E-state index contributed by atoms with van der Waals surface area (Å²) in [7, 11) is 0. The van der Waals surface area contributed by atoms with Crippen molar-refractivity contribution in [2.75, 3.05) is 11.9 Å². The molecule has 3 aromatic heterocycles. The van der Waals surface area contributed by atoms with Gasteiger partial charge in [0.1, 0.15) is 6.33 Å². The summed E-state index contributed by atoms with van der Waals surface area (Å²) in [5.74, 6) is 1.11. The molecule has 0 aromatic carbocycles. The Balaban J connectivity index is 1.92. The molecule has 3 rings (SSSR count). The maximum Gasteiger partial charge on any atom is 0.240 e. The molecule has 9 heteroatoms. The summed E-state index contributed by atoms with van der Waals surface area (Å²) < 4.78 is 2.66. The van der Waals surface area contributed by atoms with E-state index in [-0.39, 0.29) is 0 Å². The number of hydrogen-bond donors (Lipinski definition) is 1. The Kier molecular flexibility index (Phi) is 4.41. The molecule has 7 nitrogen and oxygen atoms in total. The molecule has 108 valence electrons. The second kappa shape index (κ2) is 6.64. The summed E-state index contributed by atoms with van der Waals surface area (Å²) in [5, 5.41) is 5.73. The highest BCUT2D eigenvalue weighted by Crippen LogP contribution is 2.27. The molecule has 0 aliphatic rings. The molecule has 21 heavy (non-hydrogen) atoms. The van der Waals surface area contributed by atoms with E-state index in [1.807, 2.05) is 5.38 Å². The van der Waals surface area contributed by atoms with Gasteiger partial charge in [0.15, 0.2) is 4.34 Å². The van der Waals surface area contributed by atoms with Crippen LogP contribution in [0.15, 0.2) is 39.8 Å². The maximum absolute atomic E-state index is 4.45. The Hall–Kier alpha value is -2.00. The Morgan fingerprint density at radius 1 is 1.29 bits per heavy atom. The highest BCUT2D eigenvalue weighted by Gasteiger charge is 2.10. The van der Waals surface area contributed by atoms with Gasteiger partial charge in [-0.1, -0.05) is 6.92 Å². The molecule has 1 N–H and O–H groups in total. The van der Waals surface area contributed by atoms with E-state index in [2.05, 4.69) is 37.2 Å². The number of anilines is 1. The zero-order valence-electron chi connectivity index (χ0n) is 11.3. The molecule has 0 radical (unpaired) electrons. The molecular weight excluding hydrogens is 306 g/mol. The van der Waals surface area contributed by atoms with Crippen LogP contribution >= 0.6 is 23.1 Å². The van der Waals surface area contributed by atoms with Crippen LogP contribution in [0.3, 0.4) is 0 Å². The predicted molar refractivity (Wildman–Crippen MR) is 82.0 cm³/mol. The average Bonchev–Trinajstić information content (AvgIpc) is 3.18. The third-order valence-electron chi connectivity index (χ3n) is 2.46. The van der Waals surface area contributed by atoms with Crippen molar-refractivity contribution < 1.29 is 0 Å². The van der Waals surface area contributed by atoms with Crippen LogP contribution in [-0.2, 0) is 0 Å². The normalized spacial score (nSPS) is 10.7. The highest BCUT2D eigenvalue weighted by atomic mass is 32.2. The molecule has 3 heterocycles. The SMILES string of the molecule is CCCNc1nc(Sc2nccs2)nc(-n2ccnc2)n1. The van der Waals surface area contributed by atoms with Gasteiger partial charge in [0.25, 0.3) is 0 Å². The van der Waals surface area contributed by atoms with Crippen LogP contribution in [0.2, 0.25) is 0 Å². The standard InChI is InChI=1S/C12H13N7S2/c1-2-3-14-9-16-10(19-6-4-13-8-19)18-11(17-9)21-12-15-5-7-20-12/h4-8H,2-3H2,1H3,(H,14,16,17,18). The van der Waals surface area contributed by atoms with Gasteiger partial charge in [-0.3, -0.25) is 4.57 Å². The topological polar surface area (TPSA) is 81.4 Å². The van der Waals surface area contributed by atoms with E-state index in [1.165, 1.54) is 11.8 Å². The zero-order valence-corrected chi connectivity index (χ0v) is 12.9. The van der Waals surface area contributed by atoms with E-state index >= 15 is 0 Å². The lowest BCUT2D eigenvalue weighted by Gasteiger charge is -2.07. The third kappa shape index (κ3) is 3.56. The monoisotopic (exact) mass is 319 g/mol. The average molecular weight is 319 g/mol. The van der Waals surface area contributed by atoms with Crippen molar-refractivity contribution in [3.8, 4) is 5.95 Å². The summed E-state index contributed by atoms with van der Waals surface area (Å²) >= 11 is 2.98. The fraction of sp³-hybridized carbons (Fsp3) is 0.250. The minimum atomic E-state index is 0.542. The number of thiazole rings is 1. The first-order chi connectivity index (χ1) is 10.3. The Morgan fingerprint density at radius 2 is 2.24 bits per heavy atom. The first kappa shape index (κ1) is 14.0. The van der Waals surface area contributed by atoms with Crippen LogP contribution in [-0.4, -0.2) is 36.0 Å². The number of rotatable bonds is 6. The van der Waals surface area contributed by atoms with Crippen molar-refractivity contribution in [2.45, 2.75) is 22.8 Å². The number of imidazole rings is 1. The van der Waals surface area contributed by atoms with Crippen molar-refractivity contribution in [1.29, 1.82) is 0 Å². The lowest BCUT2D eigenvalue weighted by atomic mass is 10.5. The number of hydrogen-bond acceptors (Lipinski definition) is 8. The third-order valence-corrected chi connectivity index (χ3v) is 4.21. The van der Waals surface area contributed by atoms with Gasteiger partial charge in [-0.15, -0.1) is 11.3 Å². The Labute approximate surface area is 129 Å². The van der Waals surface area contributed by atoms with Crippen LogP contribution in [0.4, 0.5) is 5.95 Å². The predicted octanol–water partition coefficient (Wildman–Crippen LogP) is 2.49. The smallest absolute Gasteiger partial charge is 0.240 e. The second-order valence-corrected chi connectivity index (χ2v) is 6.15. The number of aromatic nitrogens is 6. The first-order valence-electron chi connectivity index (χ1n) is 6.41. The molecule has 0 spiro atoms. The Morgan fingerprint density at radius 3 is 2.95 bits per heavy atom. The van der Waals surface area contributed by atoms with E-state index in [1.54, 1.807) is 40.8 Å². The highest BCUT2D eigenvalue weighted by molar-refractivity contribution is 8.00. The van der Waals surface area contributed by atoms with Crippen LogP contribution in [0.1, 0.15) is 13.3 Å². The van der Waals surface area contributed by atoms with Gasteiger partial charge in [0.2, 0.25) is 17.1 Å². The molecule has 0 aliphatic carbocycles. The molecule has 3 aromatic rings. The zero-order chi connectivity index (χ0) is 14.5. The molecule has 0 saturated carbocycles. The van der Waals surface area contributed by atoms with Gasteiger partial charge in [0, 0.05) is 30.5 Å². The fourth-order valence-electron chi connectivity index (χ4n) is 1.54. The van der Waals surface area contributed by atoms with Gasteiger partial charge >= 0.3 is 0 Å². The van der Waals surface area contributed by atoms with Gasteiger partial charge in [-0.25, -0.2) is 9.97 Å². The summed E-state index contributed by atoms with van der Waals surface area (Å²) in [6.45, 7) is 2.91. The van der Waals surface area contributed by atoms with Crippen molar-refractivity contribution >= 4 is 29.0 Å². The summed E-state index contributed by atoms with van der Waals surface area (Å²) in [5.41, 5.74) is 0. The molecule has 0 amide bonds. The van der Waals surface area contributed by atoms with Crippen molar-refractivity contribution in [3.05, 3.63) is 30.3 Å². The summed E-state index contributed by atoms with van der Waals surface area (Å²) in [6, 6.07) is 0. The maximum atomic E-state index is 4.45. The van der Waals surface area contributed by atoms with E-state index in [0.717, 1.165) is 17.3 Å². The van der Waals surface area contributed by atoms with Gasteiger partial charge in [0.05, 0.1) is 0 Å². The molecular formula is C12H13N7S2. The quantitative estimate of drug-likeness (QED) is 0.747. The van der Waals surface area contributed by atoms with Gasteiger partial charge in [-0.05, 0) is 18.2 Å². The van der Waals surface area contributed by atoms with Crippen molar-refractivity contribution in [3.63, 3.8) is 0 Å². The van der Waals surface area contributed by atoms with Crippen molar-refractivity contribution in [2.24, 2.45) is 0 Å². The summed E-state index contributed by atoms with van der Waals surface area (Å²) in [4.78, 5) is 21.5. The lowest BCUT2D eigenvalue weighted by molar-refractivity contribution is 0.816. The van der Waals surface area contributed by atoms with Crippen LogP contribution in [0, 0.1) is 0 Å². The number of nitrogens with zero attached hydrogens (tertiary/aromatic N) is 6. The molecule has 0 aliphatic heterocycles. The largest absolute Gasteiger partial charge is 0.354 e. The second-order valence-electron chi connectivity index (χ2n) is 4.04. The first-order valence-corrected chi connectivity index (χ1v) is 8.10. The van der Waals surface area contributed by atoms with Crippen LogP contribution in [0.5, 0.6) is 0 Å². The van der Waals surface area contributed by atoms with Crippen molar-refractivity contribution in [1.82, 2.24) is 29.5 Å². The minimum Gasteiger partial charge on any atom is -0.354 e. The van der Waals surface area contributed by atoms with Gasteiger partial charge in [-0.2, -0.15) is 15.0 Å². The fourth-order valence-corrected chi connectivity index (χ4v) is 3.01.